The molecule has 1 fully saturated rings. The third-order valence-electron chi connectivity index (χ3n) is 1.11. The van der Waals surface area contributed by atoms with E-state index in [4.69, 9.17) is 4.74 Å². The first-order valence-corrected chi connectivity index (χ1v) is 3.35. The molecule has 1 saturated heterocycles. The van der Waals surface area contributed by atoms with Gasteiger partial charge in [0.1, 0.15) is 19.3 Å². The Kier molecular flexibility index (Phi) is 2.92. The molecule has 62 valence electrons. The average molecular weight is 158 g/mol. The summed E-state index contributed by atoms with van der Waals surface area (Å²) in [5, 5.41) is 0. The van der Waals surface area contributed by atoms with Crippen LogP contribution in [0.15, 0.2) is 12.7 Å². The van der Waals surface area contributed by atoms with E-state index in [1.165, 1.54) is 6.08 Å². The van der Waals surface area contributed by atoms with Crippen molar-refractivity contribution in [3.05, 3.63) is 12.7 Å². The van der Waals surface area contributed by atoms with Crippen LogP contribution in [0.25, 0.3) is 0 Å². The standard InChI is InChI=1S/C7H10O4/c1-2-3-9-7(8)11-5-6-4-10-6/h2,6H,1,3-5H2/t6-/m0/s1. The Morgan fingerprint density at radius 2 is 2.45 bits per heavy atom. The molecule has 0 radical (unpaired) electrons. The van der Waals surface area contributed by atoms with Gasteiger partial charge in [-0.15, -0.1) is 0 Å². The summed E-state index contributed by atoms with van der Waals surface area (Å²) in [6.07, 6.45) is 0.904. The molecule has 1 aliphatic rings. The smallest absolute Gasteiger partial charge is 0.431 e. The Balaban J connectivity index is 1.95. The summed E-state index contributed by atoms with van der Waals surface area (Å²) in [5.74, 6) is 0. The number of rotatable bonds is 4. The van der Waals surface area contributed by atoms with E-state index in [0.717, 1.165) is 0 Å². The fraction of sp³-hybridized carbons (Fsp3) is 0.571. The van der Waals surface area contributed by atoms with Crippen molar-refractivity contribution in [2.24, 2.45) is 0 Å². The van der Waals surface area contributed by atoms with Gasteiger partial charge in [-0.3, -0.25) is 0 Å². The minimum atomic E-state index is -0.666. The highest BCUT2D eigenvalue weighted by atomic mass is 16.7. The van der Waals surface area contributed by atoms with Gasteiger partial charge in [0, 0.05) is 0 Å². The molecule has 0 spiro atoms. The lowest BCUT2D eigenvalue weighted by Crippen LogP contribution is -2.11. The molecule has 0 unspecified atom stereocenters. The third-order valence-corrected chi connectivity index (χ3v) is 1.11. The molecule has 1 heterocycles. The second-order valence-electron chi connectivity index (χ2n) is 2.12. The molecule has 4 nitrogen and oxygen atoms in total. The normalized spacial score (nSPS) is 20.5. The van der Waals surface area contributed by atoms with Gasteiger partial charge < -0.3 is 14.2 Å². The van der Waals surface area contributed by atoms with Gasteiger partial charge in [0.05, 0.1) is 6.61 Å². The third kappa shape index (κ3) is 3.62. The summed E-state index contributed by atoms with van der Waals surface area (Å²) in [5.41, 5.74) is 0. The zero-order chi connectivity index (χ0) is 8.10. The monoisotopic (exact) mass is 158 g/mol. The minimum absolute atomic E-state index is 0.0891. The van der Waals surface area contributed by atoms with Crippen LogP contribution in [0, 0.1) is 0 Å². The maximum atomic E-state index is 10.6. The zero-order valence-corrected chi connectivity index (χ0v) is 6.12. The first-order valence-electron chi connectivity index (χ1n) is 3.35. The minimum Gasteiger partial charge on any atom is -0.431 e. The van der Waals surface area contributed by atoms with E-state index in [9.17, 15) is 4.79 Å². The quantitative estimate of drug-likeness (QED) is 0.343. The molecule has 0 aromatic heterocycles. The average Bonchev–Trinajstić information content (AvgIpc) is 2.80. The van der Waals surface area contributed by atoms with Crippen molar-refractivity contribution in [1.29, 1.82) is 0 Å². The Morgan fingerprint density at radius 3 is 3.00 bits per heavy atom. The number of epoxide rings is 1. The molecule has 0 N–H and O–H groups in total. The summed E-state index contributed by atoms with van der Waals surface area (Å²) in [6.45, 7) is 4.53. The fourth-order valence-corrected chi connectivity index (χ4v) is 0.494. The Hall–Kier alpha value is -1.03. The van der Waals surface area contributed by atoms with Crippen LogP contribution in [0.1, 0.15) is 0 Å². The molecule has 1 atom stereocenters. The number of hydrogen-bond acceptors (Lipinski definition) is 4. The highest BCUT2D eigenvalue weighted by Crippen LogP contribution is 2.08. The van der Waals surface area contributed by atoms with E-state index < -0.39 is 6.16 Å². The largest absolute Gasteiger partial charge is 0.508 e. The van der Waals surface area contributed by atoms with E-state index in [0.29, 0.717) is 6.61 Å². The second kappa shape index (κ2) is 3.98. The van der Waals surface area contributed by atoms with Gasteiger partial charge in [-0.05, 0) is 0 Å². The van der Waals surface area contributed by atoms with Crippen LogP contribution in [-0.4, -0.2) is 32.1 Å². The first-order chi connectivity index (χ1) is 5.33. The zero-order valence-electron chi connectivity index (χ0n) is 6.12. The fourth-order valence-electron chi connectivity index (χ4n) is 0.494. The molecule has 11 heavy (non-hydrogen) atoms. The van der Waals surface area contributed by atoms with Gasteiger partial charge in [0.15, 0.2) is 0 Å². The van der Waals surface area contributed by atoms with Gasteiger partial charge in [-0.25, -0.2) is 4.79 Å². The van der Waals surface area contributed by atoms with Crippen molar-refractivity contribution in [2.75, 3.05) is 19.8 Å². The van der Waals surface area contributed by atoms with Crippen molar-refractivity contribution in [1.82, 2.24) is 0 Å². The van der Waals surface area contributed by atoms with Crippen LogP contribution in [0.4, 0.5) is 4.79 Å². The lowest BCUT2D eigenvalue weighted by molar-refractivity contribution is 0.0581. The van der Waals surface area contributed by atoms with Crippen molar-refractivity contribution in [2.45, 2.75) is 6.10 Å². The van der Waals surface area contributed by atoms with Crippen LogP contribution in [0.5, 0.6) is 0 Å². The van der Waals surface area contributed by atoms with Crippen LogP contribution < -0.4 is 0 Å². The van der Waals surface area contributed by atoms with Gasteiger partial charge >= 0.3 is 6.16 Å². The molecule has 0 bridgehead atoms. The van der Waals surface area contributed by atoms with Crippen LogP contribution in [-0.2, 0) is 14.2 Å². The van der Waals surface area contributed by atoms with Gasteiger partial charge in [0.25, 0.3) is 0 Å². The predicted octanol–water partition coefficient (Wildman–Crippen LogP) is 0.724. The molecular formula is C7H10O4. The van der Waals surface area contributed by atoms with E-state index in [2.05, 4.69) is 16.1 Å². The summed E-state index contributed by atoms with van der Waals surface area (Å²) >= 11 is 0. The molecule has 0 amide bonds. The molecular weight excluding hydrogens is 148 g/mol. The van der Waals surface area contributed by atoms with Crippen molar-refractivity contribution in [3.8, 4) is 0 Å². The molecule has 0 aromatic carbocycles. The highest BCUT2D eigenvalue weighted by molar-refractivity contribution is 5.59. The van der Waals surface area contributed by atoms with E-state index in [1.54, 1.807) is 0 Å². The van der Waals surface area contributed by atoms with Crippen molar-refractivity contribution in [3.63, 3.8) is 0 Å². The van der Waals surface area contributed by atoms with E-state index in [-0.39, 0.29) is 19.3 Å². The summed E-state index contributed by atoms with van der Waals surface area (Å²) in [4.78, 5) is 10.6. The van der Waals surface area contributed by atoms with Crippen LogP contribution >= 0.6 is 0 Å². The number of hydrogen-bond donors (Lipinski definition) is 0. The Labute approximate surface area is 64.7 Å². The highest BCUT2D eigenvalue weighted by Gasteiger charge is 2.24. The number of ether oxygens (including phenoxy) is 3. The molecule has 1 aliphatic heterocycles. The number of carbonyl (C=O) groups excluding carboxylic acids is 1. The summed E-state index contributed by atoms with van der Waals surface area (Å²) < 4.78 is 14.0. The first kappa shape index (κ1) is 8.07. The van der Waals surface area contributed by atoms with E-state index >= 15 is 0 Å². The van der Waals surface area contributed by atoms with Crippen LogP contribution in [0.3, 0.4) is 0 Å². The maximum Gasteiger partial charge on any atom is 0.508 e. The molecule has 4 heteroatoms. The summed E-state index contributed by atoms with van der Waals surface area (Å²) in [7, 11) is 0. The lowest BCUT2D eigenvalue weighted by atomic mass is 10.5. The molecule has 0 aliphatic carbocycles. The Morgan fingerprint density at radius 1 is 1.73 bits per heavy atom. The van der Waals surface area contributed by atoms with Gasteiger partial charge in [-0.2, -0.15) is 0 Å². The number of carbonyl (C=O) groups is 1. The van der Waals surface area contributed by atoms with Crippen LogP contribution in [0.2, 0.25) is 0 Å². The van der Waals surface area contributed by atoms with Crippen molar-refractivity contribution >= 4 is 6.16 Å². The molecule has 1 rings (SSSR count). The topological polar surface area (TPSA) is 48.1 Å². The molecule has 0 aromatic rings. The molecule has 0 saturated carbocycles. The van der Waals surface area contributed by atoms with E-state index in [1.807, 2.05) is 0 Å². The lowest BCUT2D eigenvalue weighted by Gasteiger charge is -2.00. The van der Waals surface area contributed by atoms with Gasteiger partial charge in [0.2, 0.25) is 0 Å². The predicted molar refractivity (Wildman–Crippen MR) is 37.2 cm³/mol. The SMILES string of the molecule is C=CCOC(=O)OC[C@@H]1CO1. The van der Waals surface area contributed by atoms with Gasteiger partial charge in [-0.1, -0.05) is 12.7 Å². The summed E-state index contributed by atoms with van der Waals surface area (Å²) in [6, 6.07) is 0. The maximum absolute atomic E-state index is 10.6. The van der Waals surface area contributed by atoms with Crippen molar-refractivity contribution < 1.29 is 19.0 Å². The second-order valence-corrected chi connectivity index (χ2v) is 2.12. The Bertz CT molecular complexity index is 151.